The lowest BCUT2D eigenvalue weighted by atomic mass is 10.1. The highest BCUT2D eigenvalue weighted by molar-refractivity contribution is 7.09. The summed E-state index contributed by atoms with van der Waals surface area (Å²) in [6.07, 6.45) is 3.18. The molecule has 6 nitrogen and oxygen atoms in total. The third kappa shape index (κ3) is 2.35. The van der Waals surface area contributed by atoms with Gasteiger partial charge >= 0.3 is 0 Å². The van der Waals surface area contributed by atoms with E-state index in [9.17, 15) is 0 Å². The molecule has 2 aromatic rings. The van der Waals surface area contributed by atoms with E-state index in [-0.39, 0.29) is 5.54 Å². The van der Waals surface area contributed by atoms with Gasteiger partial charge in [-0.2, -0.15) is 4.98 Å². The molecule has 0 aliphatic carbocycles. The molecule has 0 aromatic carbocycles. The number of nitrogens with one attached hydrogen (secondary N) is 1. The van der Waals surface area contributed by atoms with Gasteiger partial charge in [-0.1, -0.05) is 0 Å². The number of anilines is 2. The second-order valence-electron chi connectivity index (χ2n) is 4.23. The number of rotatable bonds is 4. The molecular weight excluding hydrogens is 250 g/mol. The topological polar surface area (TPSA) is 86.0 Å². The van der Waals surface area contributed by atoms with Crippen LogP contribution in [0.4, 0.5) is 11.5 Å². The van der Waals surface area contributed by atoms with Gasteiger partial charge in [0, 0.05) is 11.6 Å². The van der Waals surface area contributed by atoms with Crippen molar-refractivity contribution in [3.63, 3.8) is 0 Å². The highest BCUT2D eigenvalue weighted by Crippen LogP contribution is 2.31. The van der Waals surface area contributed by atoms with Crippen molar-refractivity contribution in [1.29, 1.82) is 0 Å². The minimum atomic E-state index is -0.359. The summed E-state index contributed by atoms with van der Waals surface area (Å²) in [6, 6.07) is 0. The van der Waals surface area contributed by atoms with Gasteiger partial charge in [-0.25, -0.2) is 9.97 Å². The summed E-state index contributed by atoms with van der Waals surface area (Å²) in [5, 5.41) is 6.15. The molecule has 0 spiro atoms. The van der Waals surface area contributed by atoms with Gasteiger partial charge in [0.1, 0.15) is 17.0 Å². The first-order valence-electron chi connectivity index (χ1n) is 5.37. The zero-order chi connectivity index (χ0) is 13.2. The van der Waals surface area contributed by atoms with Crippen LogP contribution in [0.1, 0.15) is 18.9 Å². The maximum atomic E-state index is 5.92. The molecule has 0 atom stereocenters. The Bertz CT molecular complexity index is 526. The Kier molecular flexibility index (Phi) is 3.33. The average Bonchev–Trinajstić information content (AvgIpc) is 2.86. The summed E-state index contributed by atoms with van der Waals surface area (Å²) >= 11 is 1.58. The molecule has 0 aliphatic rings. The lowest BCUT2D eigenvalue weighted by molar-refractivity contribution is 0.399. The molecule has 0 aliphatic heterocycles. The van der Waals surface area contributed by atoms with Crippen LogP contribution < -0.4 is 15.8 Å². The van der Waals surface area contributed by atoms with E-state index in [1.54, 1.807) is 17.5 Å². The molecular formula is C11H15N5OS. The summed E-state index contributed by atoms with van der Waals surface area (Å²) < 4.78 is 5.06. The number of ether oxygens (including phenoxy) is 1. The number of thiazole rings is 1. The molecule has 0 bridgehead atoms. The molecule has 0 saturated heterocycles. The van der Waals surface area contributed by atoms with E-state index in [4.69, 9.17) is 10.5 Å². The first-order chi connectivity index (χ1) is 8.54. The van der Waals surface area contributed by atoms with E-state index in [0.717, 1.165) is 5.01 Å². The summed E-state index contributed by atoms with van der Waals surface area (Å²) in [5.41, 5.74) is 5.96. The normalized spacial score (nSPS) is 11.3. The molecule has 2 heterocycles. The number of nitrogens with two attached hydrogens (primary N) is 1. The van der Waals surface area contributed by atoms with E-state index < -0.39 is 0 Å². The third-order valence-corrected chi connectivity index (χ3v) is 3.54. The van der Waals surface area contributed by atoms with Gasteiger partial charge in [0.25, 0.3) is 0 Å². The molecule has 18 heavy (non-hydrogen) atoms. The van der Waals surface area contributed by atoms with Crippen molar-refractivity contribution in [2.45, 2.75) is 19.4 Å². The fourth-order valence-electron chi connectivity index (χ4n) is 1.52. The third-order valence-electron chi connectivity index (χ3n) is 2.44. The van der Waals surface area contributed by atoms with Gasteiger partial charge in [-0.3, -0.25) is 0 Å². The fourth-order valence-corrected chi connectivity index (χ4v) is 2.24. The van der Waals surface area contributed by atoms with Gasteiger partial charge in [0.15, 0.2) is 5.82 Å². The van der Waals surface area contributed by atoms with Gasteiger partial charge in [0.2, 0.25) is 5.88 Å². The van der Waals surface area contributed by atoms with Crippen LogP contribution in [-0.2, 0) is 5.54 Å². The summed E-state index contributed by atoms with van der Waals surface area (Å²) in [7, 11) is 1.52. The molecule has 2 aromatic heterocycles. The second kappa shape index (κ2) is 4.77. The molecule has 0 radical (unpaired) electrons. The van der Waals surface area contributed by atoms with Crippen molar-refractivity contribution in [1.82, 2.24) is 15.0 Å². The van der Waals surface area contributed by atoms with Crippen LogP contribution in [0.25, 0.3) is 0 Å². The Hall–Kier alpha value is -1.89. The quantitative estimate of drug-likeness (QED) is 0.877. The average molecular weight is 265 g/mol. The Labute approximate surface area is 109 Å². The van der Waals surface area contributed by atoms with E-state index in [2.05, 4.69) is 20.3 Å². The van der Waals surface area contributed by atoms with Gasteiger partial charge in [-0.15, -0.1) is 11.3 Å². The number of hydrogen-bond acceptors (Lipinski definition) is 7. The summed E-state index contributed by atoms with van der Waals surface area (Å²) in [6.45, 7) is 4.03. The number of methoxy groups -OCH3 is 1. The van der Waals surface area contributed by atoms with Gasteiger partial charge in [-0.05, 0) is 13.8 Å². The van der Waals surface area contributed by atoms with Crippen molar-refractivity contribution in [2.75, 3.05) is 18.2 Å². The zero-order valence-corrected chi connectivity index (χ0v) is 11.3. The Morgan fingerprint density at radius 3 is 2.72 bits per heavy atom. The van der Waals surface area contributed by atoms with Crippen molar-refractivity contribution < 1.29 is 4.74 Å². The van der Waals surface area contributed by atoms with Crippen molar-refractivity contribution in [2.24, 2.45) is 0 Å². The van der Waals surface area contributed by atoms with Crippen molar-refractivity contribution >= 4 is 22.8 Å². The molecule has 2 rings (SSSR count). The lowest BCUT2D eigenvalue weighted by Gasteiger charge is -2.25. The first-order valence-corrected chi connectivity index (χ1v) is 6.25. The van der Waals surface area contributed by atoms with E-state index in [0.29, 0.717) is 17.4 Å². The van der Waals surface area contributed by atoms with Crippen molar-refractivity contribution in [3.8, 4) is 5.88 Å². The molecule has 96 valence electrons. The number of nitrogen functional groups attached to an aromatic ring is 1. The summed E-state index contributed by atoms with van der Waals surface area (Å²) in [4.78, 5) is 12.4. The smallest absolute Gasteiger partial charge is 0.242 e. The highest BCUT2D eigenvalue weighted by Gasteiger charge is 2.25. The highest BCUT2D eigenvalue weighted by atomic mass is 32.1. The van der Waals surface area contributed by atoms with Crippen LogP contribution in [0.5, 0.6) is 5.88 Å². The molecule has 0 fully saturated rings. The molecule has 7 heteroatoms. The van der Waals surface area contributed by atoms with Crippen LogP contribution in [0, 0.1) is 0 Å². The van der Waals surface area contributed by atoms with Crippen LogP contribution in [0.3, 0.4) is 0 Å². The summed E-state index contributed by atoms with van der Waals surface area (Å²) in [5.74, 6) is 0.907. The monoisotopic (exact) mass is 265 g/mol. The first kappa shape index (κ1) is 12.6. The van der Waals surface area contributed by atoms with Crippen LogP contribution in [0.15, 0.2) is 17.9 Å². The standard InChI is InChI=1S/C11H15N5OS/c1-11(2,10-13-4-5-18-10)16-8-7(12)9(17-3)15-6-14-8/h4-6H,12H2,1-3H3,(H,14,15,16). The lowest BCUT2D eigenvalue weighted by Crippen LogP contribution is -2.28. The molecule has 0 amide bonds. The van der Waals surface area contributed by atoms with E-state index in [1.165, 1.54) is 13.4 Å². The maximum Gasteiger partial charge on any atom is 0.242 e. The molecule has 0 saturated carbocycles. The van der Waals surface area contributed by atoms with Crippen LogP contribution in [0.2, 0.25) is 0 Å². The molecule has 0 unspecified atom stereocenters. The maximum absolute atomic E-state index is 5.92. The largest absolute Gasteiger partial charge is 0.479 e. The van der Waals surface area contributed by atoms with E-state index >= 15 is 0 Å². The van der Waals surface area contributed by atoms with Crippen LogP contribution in [-0.4, -0.2) is 22.1 Å². The second-order valence-corrected chi connectivity index (χ2v) is 5.13. The minimum Gasteiger partial charge on any atom is -0.479 e. The molecule has 3 N–H and O–H groups in total. The Morgan fingerprint density at radius 2 is 2.11 bits per heavy atom. The number of aromatic nitrogens is 3. The number of nitrogens with zero attached hydrogens (tertiary/aromatic N) is 3. The predicted octanol–water partition coefficient (Wildman–Crippen LogP) is 1.87. The van der Waals surface area contributed by atoms with Gasteiger partial charge < -0.3 is 15.8 Å². The Morgan fingerprint density at radius 1 is 1.33 bits per heavy atom. The van der Waals surface area contributed by atoms with Crippen molar-refractivity contribution in [3.05, 3.63) is 22.9 Å². The number of hydrogen-bond donors (Lipinski definition) is 2. The van der Waals surface area contributed by atoms with Crippen LogP contribution >= 0.6 is 11.3 Å². The fraction of sp³-hybridized carbons (Fsp3) is 0.364. The minimum absolute atomic E-state index is 0.359. The SMILES string of the molecule is COc1ncnc(NC(C)(C)c2nccs2)c1N. The van der Waals surface area contributed by atoms with E-state index in [1.807, 2.05) is 19.2 Å². The van der Waals surface area contributed by atoms with Gasteiger partial charge in [0.05, 0.1) is 12.6 Å². The predicted molar refractivity (Wildman–Crippen MR) is 71.8 cm³/mol. The Balaban J connectivity index is 2.29. The zero-order valence-electron chi connectivity index (χ0n) is 10.5.